The summed E-state index contributed by atoms with van der Waals surface area (Å²) in [5, 5.41) is 0. The number of aromatic nitrogens is 2. The number of aromatic amines is 1. The molecule has 0 amide bonds. The van der Waals surface area contributed by atoms with E-state index in [4.69, 9.17) is 9.72 Å². The normalized spacial score (nSPS) is 14.1. The number of ether oxygens (including phenoxy) is 1. The minimum absolute atomic E-state index is 0.310. The van der Waals surface area contributed by atoms with Gasteiger partial charge in [0.15, 0.2) is 0 Å². The lowest BCUT2D eigenvalue weighted by Gasteiger charge is -2.10. The molecule has 3 aromatic rings. The van der Waals surface area contributed by atoms with Crippen molar-refractivity contribution in [2.45, 2.75) is 25.7 Å². The van der Waals surface area contributed by atoms with Crippen LogP contribution in [0.15, 0.2) is 30.3 Å². The third kappa shape index (κ3) is 2.06. The van der Waals surface area contributed by atoms with Gasteiger partial charge in [0.2, 0.25) is 0 Å². The first-order valence-electron chi connectivity index (χ1n) is 7.60. The molecule has 2 aromatic heterocycles. The Morgan fingerprint density at radius 3 is 2.82 bits per heavy atom. The van der Waals surface area contributed by atoms with Crippen molar-refractivity contribution in [2.75, 3.05) is 7.11 Å². The zero-order valence-electron chi connectivity index (χ0n) is 12.4. The van der Waals surface area contributed by atoms with Crippen LogP contribution < -0.4 is 4.74 Å². The summed E-state index contributed by atoms with van der Waals surface area (Å²) >= 11 is 0. The van der Waals surface area contributed by atoms with Crippen molar-refractivity contribution in [1.82, 2.24) is 9.97 Å². The van der Waals surface area contributed by atoms with E-state index < -0.39 is 0 Å². The van der Waals surface area contributed by atoms with E-state index in [0.717, 1.165) is 23.9 Å². The molecule has 1 N–H and O–H groups in total. The average molecular weight is 296 g/mol. The number of methoxy groups -OCH3 is 1. The largest absolute Gasteiger partial charge is 0.497 e. The standard InChI is InChI=1S/C18H17FN2O/c1-22-11-6-7-12(14(19)10-11)16-8-9-17-18(21-16)13-4-2-3-5-15(13)20-17/h6-10,20H,2-5H2,1H3. The Hall–Kier alpha value is -2.36. The average Bonchev–Trinajstić information content (AvgIpc) is 2.92. The van der Waals surface area contributed by atoms with Gasteiger partial charge in [-0.05, 0) is 55.5 Å². The van der Waals surface area contributed by atoms with Crippen LogP contribution in [-0.4, -0.2) is 17.1 Å². The lowest BCUT2D eigenvalue weighted by atomic mass is 9.97. The van der Waals surface area contributed by atoms with Gasteiger partial charge >= 0.3 is 0 Å². The number of H-pyrrole nitrogens is 1. The summed E-state index contributed by atoms with van der Waals surface area (Å²) in [6, 6.07) is 8.75. The molecule has 112 valence electrons. The molecule has 0 saturated heterocycles. The second kappa shape index (κ2) is 5.13. The van der Waals surface area contributed by atoms with Crippen LogP contribution in [0.5, 0.6) is 5.75 Å². The molecule has 0 fully saturated rings. The van der Waals surface area contributed by atoms with Gasteiger partial charge in [-0.25, -0.2) is 9.37 Å². The Balaban J connectivity index is 1.85. The van der Waals surface area contributed by atoms with E-state index in [2.05, 4.69) is 4.98 Å². The van der Waals surface area contributed by atoms with Gasteiger partial charge in [-0.15, -0.1) is 0 Å². The van der Waals surface area contributed by atoms with Crippen molar-refractivity contribution < 1.29 is 9.13 Å². The number of pyridine rings is 1. The van der Waals surface area contributed by atoms with Crippen molar-refractivity contribution in [2.24, 2.45) is 0 Å². The summed E-state index contributed by atoms with van der Waals surface area (Å²) in [6.45, 7) is 0. The lowest BCUT2D eigenvalue weighted by molar-refractivity contribution is 0.411. The third-order valence-corrected chi connectivity index (χ3v) is 4.39. The van der Waals surface area contributed by atoms with Gasteiger partial charge in [-0.3, -0.25) is 0 Å². The highest BCUT2D eigenvalue weighted by Gasteiger charge is 2.17. The van der Waals surface area contributed by atoms with E-state index in [0.29, 0.717) is 17.0 Å². The highest BCUT2D eigenvalue weighted by atomic mass is 19.1. The molecule has 22 heavy (non-hydrogen) atoms. The molecule has 1 aliphatic rings. The molecular weight excluding hydrogens is 279 g/mol. The molecule has 1 aliphatic carbocycles. The predicted molar refractivity (Wildman–Crippen MR) is 84.7 cm³/mol. The molecule has 3 nitrogen and oxygen atoms in total. The molecule has 0 aliphatic heterocycles. The number of benzene rings is 1. The lowest BCUT2D eigenvalue weighted by Crippen LogP contribution is -2.00. The second-order valence-corrected chi connectivity index (χ2v) is 5.73. The Morgan fingerprint density at radius 1 is 1.14 bits per heavy atom. The Kier molecular flexibility index (Phi) is 3.10. The smallest absolute Gasteiger partial charge is 0.136 e. The third-order valence-electron chi connectivity index (χ3n) is 4.39. The van der Waals surface area contributed by atoms with Crippen molar-refractivity contribution in [3.63, 3.8) is 0 Å². The van der Waals surface area contributed by atoms with Crippen LogP contribution in [0.2, 0.25) is 0 Å². The number of halogens is 1. The maximum absolute atomic E-state index is 14.3. The summed E-state index contributed by atoms with van der Waals surface area (Å²) in [4.78, 5) is 8.17. The number of rotatable bonds is 2. The van der Waals surface area contributed by atoms with Crippen LogP contribution in [0.3, 0.4) is 0 Å². The number of hydrogen-bond donors (Lipinski definition) is 1. The van der Waals surface area contributed by atoms with Gasteiger partial charge < -0.3 is 9.72 Å². The molecule has 0 radical (unpaired) electrons. The second-order valence-electron chi connectivity index (χ2n) is 5.73. The number of nitrogens with zero attached hydrogens (tertiary/aromatic N) is 1. The summed E-state index contributed by atoms with van der Waals surface area (Å²) in [5.74, 6) is 0.206. The van der Waals surface area contributed by atoms with Crippen molar-refractivity contribution >= 4 is 11.0 Å². The number of hydrogen-bond acceptors (Lipinski definition) is 2. The molecule has 0 bridgehead atoms. The predicted octanol–water partition coefficient (Wildman–Crippen LogP) is 4.26. The van der Waals surface area contributed by atoms with Crippen LogP contribution in [-0.2, 0) is 12.8 Å². The fourth-order valence-corrected chi connectivity index (χ4v) is 3.24. The van der Waals surface area contributed by atoms with Crippen LogP contribution >= 0.6 is 0 Å². The highest BCUT2D eigenvalue weighted by Crippen LogP contribution is 2.31. The molecular formula is C18H17FN2O. The van der Waals surface area contributed by atoms with Crippen LogP contribution in [0.1, 0.15) is 24.1 Å². The van der Waals surface area contributed by atoms with E-state index in [1.165, 1.54) is 37.3 Å². The number of nitrogens with one attached hydrogen (secondary N) is 1. The quantitative estimate of drug-likeness (QED) is 0.767. The van der Waals surface area contributed by atoms with Crippen LogP contribution in [0.4, 0.5) is 4.39 Å². The first-order valence-corrected chi connectivity index (χ1v) is 7.60. The Labute approximate surface area is 128 Å². The van der Waals surface area contributed by atoms with Gasteiger partial charge in [0.05, 0.1) is 23.8 Å². The van der Waals surface area contributed by atoms with E-state index >= 15 is 0 Å². The highest BCUT2D eigenvalue weighted by molar-refractivity contribution is 5.83. The molecule has 0 unspecified atom stereocenters. The topological polar surface area (TPSA) is 37.9 Å². The fourth-order valence-electron chi connectivity index (χ4n) is 3.24. The van der Waals surface area contributed by atoms with Gasteiger partial charge in [0.1, 0.15) is 11.6 Å². The molecule has 0 atom stereocenters. The monoisotopic (exact) mass is 296 g/mol. The summed E-state index contributed by atoms with van der Waals surface area (Å²) < 4.78 is 19.3. The zero-order chi connectivity index (χ0) is 15.1. The van der Waals surface area contributed by atoms with Crippen molar-refractivity contribution in [1.29, 1.82) is 0 Å². The fraction of sp³-hybridized carbons (Fsp3) is 0.278. The van der Waals surface area contributed by atoms with Gasteiger partial charge in [0, 0.05) is 17.3 Å². The van der Waals surface area contributed by atoms with Gasteiger partial charge in [0.25, 0.3) is 0 Å². The molecule has 4 rings (SSSR count). The number of aryl methyl sites for hydroxylation is 2. The minimum atomic E-state index is -0.310. The minimum Gasteiger partial charge on any atom is -0.497 e. The molecule has 1 aromatic carbocycles. The Morgan fingerprint density at radius 2 is 2.00 bits per heavy atom. The molecule has 0 spiro atoms. The van der Waals surface area contributed by atoms with E-state index in [9.17, 15) is 4.39 Å². The van der Waals surface area contributed by atoms with Crippen molar-refractivity contribution in [3.05, 3.63) is 47.4 Å². The van der Waals surface area contributed by atoms with Gasteiger partial charge in [-0.1, -0.05) is 0 Å². The maximum atomic E-state index is 14.3. The van der Waals surface area contributed by atoms with E-state index in [-0.39, 0.29) is 5.82 Å². The first kappa shape index (κ1) is 13.3. The van der Waals surface area contributed by atoms with Crippen LogP contribution in [0, 0.1) is 5.82 Å². The van der Waals surface area contributed by atoms with E-state index in [1.807, 2.05) is 12.1 Å². The van der Waals surface area contributed by atoms with Crippen LogP contribution in [0.25, 0.3) is 22.3 Å². The Bertz CT molecular complexity index is 854. The molecule has 4 heteroatoms. The summed E-state index contributed by atoms with van der Waals surface area (Å²) in [7, 11) is 1.53. The number of fused-ring (bicyclic) bond motifs is 3. The maximum Gasteiger partial charge on any atom is 0.136 e. The zero-order valence-corrected chi connectivity index (χ0v) is 12.4. The first-order chi connectivity index (χ1) is 10.8. The molecule has 0 saturated carbocycles. The molecule has 2 heterocycles. The summed E-state index contributed by atoms with van der Waals surface area (Å²) in [6.07, 6.45) is 4.55. The summed E-state index contributed by atoms with van der Waals surface area (Å²) in [5.41, 5.74) is 5.80. The van der Waals surface area contributed by atoms with E-state index in [1.54, 1.807) is 12.1 Å². The van der Waals surface area contributed by atoms with Crippen molar-refractivity contribution in [3.8, 4) is 17.0 Å². The SMILES string of the molecule is COc1ccc(-c2ccc3[nH]c4c(c3n2)CCCC4)c(F)c1. The van der Waals surface area contributed by atoms with Gasteiger partial charge in [-0.2, -0.15) is 0 Å².